The molecule has 18 heavy (non-hydrogen) atoms. The van der Waals surface area contributed by atoms with E-state index < -0.39 is 10.0 Å². The number of nitrogens with zero attached hydrogens (tertiary/aromatic N) is 3. The lowest BCUT2D eigenvalue weighted by Gasteiger charge is -2.21. The molecular weight excluding hydrogens is 254 g/mol. The van der Waals surface area contributed by atoms with Crippen molar-refractivity contribution in [3.63, 3.8) is 0 Å². The van der Waals surface area contributed by atoms with E-state index in [1.54, 1.807) is 13.8 Å². The minimum Gasteiger partial charge on any atom is -0.494 e. The van der Waals surface area contributed by atoms with E-state index in [9.17, 15) is 8.42 Å². The summed E-state index contributed by atoms with van der Waals surface area (Å²) in [6.07, 6.45) is 2.47. The second kappa shape index (κ2) is 5.33. The van der Waals surface area contributed by atoms with Gasteiger partial charge < -0.3 is 4.74 Å². The highest BCUT2D eigenvalue weighted by Crippen LogP contribution is 2.26. The Bertz CT molecular complexity index is 576. The predicted octanol–water partition coefficient (Wildman–Crippen LogP) is 0.991. The number of sulfonamides is 1. The summed E-state index contributed by atoms with van der Waals surface area (Å²) in [6.45, 7) is 3.49. The number of aromatic nitrogens is 1. The molecule has 0 atom stereocenters. The zero-order valence-electron chi connectivity index (χ0n) is 10.7. The summed E-state index contributed by atoms with van der Waals surface area (Å²) in [5.74, 6) is 0.149. The fraction of sp³-hybridized carbons (Fsp3) is 0.455. The first-order chi connectivity index (χ1) is 8.36. The van der Waals surface area contributed by atoms with Crippen molar-refractivity contribution in [3.05, 3.63) is 18.0 Å². The van der Waals surface area contributed by atoms with E-state index in [0.29, 0.717) is 0 Å². The Labute approximate surface area is 107 Å². The molecule has 0 aromatic carbocycles. The second-order valence-corrected chi connectivity index (χ2v) is 5.91. The van der Waals surface area contributed by atoms with Gasteiger partial charge in [-0.15, -0.1) is 0 Å². The van der Waals surface area contributed by atoms with Crippen LogP contribution in [0.1, 0.15) is 19.4 Å². The number of hydrogen-bond acceptors (Lipinski definition) is 5. The van der Waals surface area contributed by atoms with Crippen LogP contribution in [0.3, 0.4) is 0 Å². The lowest BCUT2D eigenvalue weighted by molar-refractivity contribution is 0.402. The Hall–Kier alpha value is -1.65. The maximum atomic E-state index is 12.3. The fourth-order valence-electron chi connectivity index (χ4n) is 1.32. The standard InChI is InChI=1S/C11H15N3O3S/c1-8(2)14(3)18(15,16)11-7-13-6-10(17-4)9(11)5-12/h6-8H,1-4H3. The predicted molar refractivity (Wildman–Crippen MR) is 65.6 cm³/mol. The molecule has 0 fully saturated rings. The molecule has 0 bridgehead atoms. The Balaban J connectivity index is 3.48. The summed E-state index contributed by atoms with van der Waals surface area (Å²) < 4.78 is 30.7. The van der Waals surface area contributed by atoms with Gasteiger partial charge in [0.05, 0.1) is 13.3 Å². The Morgan fingerprint density at radius 3 is 2.50 bits per heavy atom. The molecule has 0 saturated heterocycles. The van der Waals surface area contributed by atoms with E-state index in [0.717, 1.165) is 6.20 Å². The van der Waals surface area contributed by atoms with E-state index >= 15 is 0 Å². The van der Waals surface area contributed by atoms with Crippen LogP contribution in [0.2, 0.25) is 0 Å². The van der Waals surface area contributed by atoms with Crippen LogP contribution in [-0.4, -0.2) is 37.9 Å². The summed E-state index contributed by atoms with van der Waals surface area (Å²) >= 11 is 0. The molecule has 1 aromatic rings. The molecule has 1 aromatic heterocycles. The van der Waals surface area contributed by atoms with Crippen molar-refractivity contribution < 1.29 is 13.2 Å². The summed E-state index contributed by atoms with van der Waals surface area (Å²) in [6, 6.07) is 1.63. The quantitative estimate of drug-likeness (QED) is 0.814. The van der Waals surface area contributed by atoms with Gasteiger partial charge in [-0.05, 0) is 13.8 Å². The smallest absolute Gasteiger partial charge is 0.246 e. The van der Waals surface area contributed by atoms with Gasteiger partial charge in [0.25, 0.3) is 0 Å². The highest BCUT2D eigenvalue weighted by atomic mass is 32.2. The van der Waals surface area contributed by atoms with E-state index in [2.05, 4.69) is 4.98 Å². The second-order valence-electron chi connectivity index (χ2n) is 3.94. The molecule has 6 nitrogen and oxygen atoms in total. The summed E-state index contributed by atoms with van der Waals surface area (Å²) in [4.78, 5) is 3.65. The van der Waals surface area contributed by atoms with Gasteiger partial charge in [0.2, 0.25) is 10.0 Å². The monoisotopic (exact) mass is 269 g/mol. The summed E-state index contributed by atoms with van der Waals surface area (Å²) in [5.41, 5.74) is -0.0278. The fourth-order valence-corrected chi connectivity index (χ4v) is 2.78. The van der Waals surface area contributed by atoms with E-state index in [-0.39, 0.29) is 22.3 Å². The van der Waals surface area contributed by atoms with Gasteiger partial charge in [-0.2, -0.15) is 9.57 Å². The lowest BCUT2D eigenvalue weighted by Crippen LogP contribution is -2.33. The van der Waals surface area contributed by atoms with Crippen molar-refractivity contribution in [2.75, 3.05) is 14.2 Å². The highest BCUT2D eigenvalue weighted by Gasteiger charge is 2.28. The lowest BCUT2D eigenvalue weighted by atomic mass is 10.3. The third-order valence-corrected chi connectivity index (χ3v) is 4.64. The van der Waals surface area contributed by atoms with Crippen LogP contribution in [0.25, 0.3) is 0 Å². The maximum absolute atomic E-state index is 12.3. The Morgan fingerprint density at radius 1 is 1.44 bits per heavy atom. The molecule has 0 N–H and O–H groups in total. The van der Waals surface area contributed by atoms with Crippen LogP contribution < -0.4 is 4.74 Å². The molecule has 0 unspecified atom stereocenters. The van der Waals surface area contributed by atoms with Crippen molar-refractivity contribution in [3.8, 4) is 11.8 Å². The molecule has 1 rings (SSSR count). The minimum absolute atomic E-state index is 0.0278. The van der Waals surface area contributed by atoms with Gasteiger partial charge in [-0.3, -0.25) is 4.98 Å². The zero-order valence-corrected chi connectivity index (χ0v) is 11.5. The SMILES string of the molecule is COc1cncc(S(=O)(=O)N(C)C(C)C)c1C#N. The van der Waals surface area contributed by atoms with E-state index in [1.807, 2.05) is 6.07 Å². The van der Waals surface area contributed by atoms with Gasteiger partial charge in [0.15, 0.2) is 5.75 Å². The van der Waals surface area contributed by atoms with Crippen molar-refractivity contribution in [2.45, 2.75) is 24.8 Å². The molecule has 0 aliphatic rings. The zero-order chi connectivity index (χ0) is 13.9. The summed E-state index contributed by atoms with van der Waals surface area (Å²) in [5, 5.41) is 9.07. The number of rotatable bonds is 4. The van der Waals surface area contributed by atoms with Crippen molar-refractivity contribution in [2.24, 2.45) is 0 Å². The van der Waals surface area contributed by atoms with Crippen LogP contribution >= 0.6 is 0 Å². The molecule has 0 spiro atoms. The minimum atomic E-state index is -3.75. The molecular formula is C11H15N3O3S. The molecule has 0 saturated carbocycles. The van der Waals surface area contributed by atoms with Gasteiger partial charge in [-0.1, -0.05) is 0 Å². The van der Waals surface area contributed by atoms with Crippen LogP contribution in [0, 0.1) is 11.3 Å². The van der Waals surface area contributed by atoms with E-state index in [4.69, 9.17) is 10.00 Å². The van der Waals surface area contributed by atoms with Crippen LogP contribution in [0.5, 0.6) is 5.75 Å². The van der Waals surface area contributed by atoms with Gasteiger partial charge in [-0.25, -0.2) is 8.42 Å². The Kier molecular flexibility index (Phi) is 4.27. The molecule has 0 aliphatic carbocycles. The third kappa shape index (κ3) is 2.44. The van der Waals surface area contributed by atoms with Crippen molar-refractivity contribution >= 4 is 10.0 Å². The highest BCUT2D eigenvalue weighted by molar-refractivity contribution is 7.89. The molecule has 98 valence electrons. The van der Waals surface area contributed by atoms with Crippen LogP contribution in [0.4, 0.5) is 0 Å². The molecule has 0 radical (unpaired) electrons. The molecule has 0 amide bonds. The molecule has 1 heterocycles. The number of pyridine rings is 1. The van der Waals surface area contributed by atoms with Crippen LogP contribution in [0.15, 0.2) is 17.3 Å². The van der Waals surface area contributed by atoms with Crippen LogP contribution in [-0.2, 0) is 10.0 Å². The largest absolute Gasteiger partial charge is 0.494 e. The number of methoxy groups -OCH3 is 1. The first-order valence-corrected chi connectivity index (χ1v) is 6.70. The number of nitriles is 1. The van der Waals surface area contributed by atoms with Crippen molar-refractivity contribution in [1.29, 1.82) is 5.26 Å². The average molecular weight is 269 g/mol. The first-order valence-electron chi connectivity index (χ1n) is 5.26. The number of ether oxygens (including phenoxy) is 1. The van der Waals surface area contributed by atoms with Gasteiger partial charge >= 0.3 is 0 Å². The van der Waals surface area contributed by atoms with Gasteiger partial charge in [0.1, 0.15) is 16.5 Å². The normalized spacial score (nSPS) is 11.6. The summed E-state index contributed by atoms with van der Waals surface area (Å²) in [7, 11) is -0.925. The third-order valence-electron chi connectivity index (χ3n) is 2.59. The molecule has 0 aliphatic heterocycles. The van der Waals surface area contributed by atoms with E-state index in [1.165, 1.54) is 24.7 Å². The van der Waals surface area contributed by atoms with Crippen molar-refractivity contribution in [1.82, 2.24) is 9.29 Å². The first kappa shape index (κ1) is 14.4. The van der Waals surface area contributed by atoms with Gasteiger partial charge in [0, 0.05) is 19.3 Å². The maximum Gasteiger partial charge on any atom is 0.246 e. The topological polar surface area (TPSA) is 83.3 Å². The average Bonchev–Trinajstić information content (AvgIpc) is 2.36. The number of hydrogen-bond donors (Lipinski definition) is 0. The Morgan fingerprint density at radius 2 is 2.06 bits per heavy atom. The molecule has 7 heteroatoms.